The zero-order valence-electron chi connectivity index (χ0n) is 19.7. The third kappa shape index (κ3) is 5.60. The molecule has 1 aliphatic rings. The van der Waals surface area contributed by atoms with Crippen LogP contribution < -0.4 is 9.64 Å². The van der Waals surface area contributed by atoms with Gasteiger partial charge in [0.15, 0.2) is 22.5 Å². The number of fused-ring (bicyclic) bond motifs is 1. The van der Waals surface area contributed by atoms with Crippen molar-refractivity contribution in [3.63, 3.8) is 0 Å². The van der Waals surface area contributed by atoms with E-state index in [0.29, 0.717) is 11.0 Å². The Morgan fingerprint density at radius 3 is 2.74 bits per heavy atom. The fraction of sp³-hybridized carbons (Fsp3) is 0.423. The number of halogens is 1. The molecule has 1 amide bonds. The van der Waals surface area contributed by atoms with Gasteiger partial charge >= 0.3 is 0 Å². The number of hydrogen-bond donors (Lipinski definition) is 0. The van der Waals surface area contributed by atoms with Gasteiger partial charge in [0.2, 0.25) is 5.91 Å². The Bertz CT molecular complexity index is 1120. The van der Waals surface area contributed by atoms with Crippen LogP contribution in [0.25, 0.3) is 0 Å². The predicted molar refractivity (Wildman–Crippen MR) is 133 cm³/mol. The lowest BCUT2D eigenvalue weighted by Crippen LogP contribution is -2.37. The van der Waals surface area contributed by atoms with Gasteiger partial charge in [0.05, 0.1) is 5.75 Å². The molecule has 2 aromatic carbocycles. The Balaban J connectivity index is 1.45. The molecule has 0 saturated carbocycles. The highest BCUT2D eigenvalue weighted by atomic mass is 32.2. The van der Waals surface area contributed by atoms with Crippen molar-refractivity contribution < 1.29 is 13.9 Å². The van der Waals surface area contributed by atoms with E-state index in [1.807, 2.05) is 27.7 Å². The highest BCUT2D eigenvalue weighted by molar-refractivity contribution is 7.99. The first-order valence-electron chi connectivity index (χ1n) is 11.9. The molecule has 1 atom stereocenters. The van der Waals surface area contributed by atoms with Crippen LogP contribution in [0.15, 0.2) is 53.7 Å². The number of para-hydroxylation sites is 2. The summed E-state index contributed by atoms with van der Waals surface area (Å²) in [6, 6.07) is 14.6. The van der Waals surface area contributed by atoms with Gasteiger partial charge in [0.1, 0.15) is 6.61 Å². The minimum Gasteiger partial charge on any atom is -0.483 e. The van der Waals surface area contributed by atoms with Gasteiger partial charge in [-0.05, 0) is 43.5 Å². The van der Waals surface area contributed by atoms with Gasteiger partial charge < -0.3 is 14.2 Å². The van der Waals surface area contributed by atoms with Crippen molar-refractivity contribution in [2.45, 2.75) is 70.3 Å². The molecule has 1 unspecified atom stereocenters. The summed E-state index contributed by atoms with van der Waals surface area (Å²) in [7, 11) is 0. The van der Waals surface area contributed by atoms with E-state index in [2.05, 4.69) is 30.1 Å². The monoisotopic (exact) mass is 482 g/mol. The van der Waals surface area contributed by atoms with Crippen LogP contribution in [0.2, 0.25) is 0 Å². The van der Waals surface area contributed by atoms with Crippen molar-refractivity contribution >= 4 is 23.4 Å². The number of nitrogens with zero attached hydrogens (tertiary/aromatic N) is 4. The fourth-order valence-electron chi connectivity index (χ4n) is 4.30. The zero-order valence-corrected chi connectivity index (χ0v) is 20.6. The van der Waals surface area contributed by atoms with Gasteiger partial charge in [-0.3, -0.25) is 4.79 Å². The summed E-state index contributed by atoms with van der Waals surface area (Å²) < 4.78 is 21.7. The summed E-state index contributed by atoms with van der Waals surface area (Å²) >= 11 is 1.40. The molecular formula is C26H31FN4O2S. The van der Waals surface area contributed by atoms with E-state index in [1.165, 1.54) is 23.4 Å². The van der Waals surface area contributed by atoms with Crippen LogP contribution in [0.4, 0.5) is 10.1 Å². The molecule has 1 aliphatic heterocycles. The summed E-state index contributed by atoms with van der Waals surface area (Å²) in [4.78, 5) is 15.0. The number of anilines is 1. The fourth-order valence-corrected chi connectivity index (χ4v) is 5.14. The van der Waals surface area contributed by atoms with Crippen LogP contribution in [0, 0.1) is 5.82 Å². The number of thioether (sulfide) groups is 1. The van der Waals surface area contributed by atoms with E-state index in [0.717, 1.165) is 44.3 Å². The highest BCUT2D eigenvalue weighted by Crippen LogP contribution is 2.33. The number of ether oxygens (including phenoxy) is 1. The molecule has 3 aromatic rings. The molecule has 2 heterocycles. The number of amides is 1. The molecule has 1 aromatic heterocycles. The lowest BCUT2D eigenvalue weighted by atomic mass is 10.1. The third-order valence-corrected chi connectivity index (χ3v) is 6.97. The zero-order chi connectivity index (χ0) is 23.9. The maximum atomic E-state index is 14.0. The van der Waals surface area contributed by atoms with Crippen LogP contribution in [0.1, 0.15) is 50.9 Å². The standard InChI is InChI=1S/C26H31FN4O2S/c1-3-4-5-10-15-30-24(17-33-23-14-9-7-12-21(23)27)28-29-26(30)34-18-25(32)31-19(2)16-20-11-6-8-13-22(20)31/h6-9,11-14,19H,3-5,10,15-18H2,1-2H3. The van der Waals surface area contributed by atoms with Crippen LogP contribution in [-0.4, -0.2) is 32.5 Å². The molecule has 8 heteroatoms. The summed E-state index contributed by atoms with van der Waals surface area (Å²) in [5.74, 6) is 0.757. The van der Waals surface area contributed by atoms with E-state index in [-0.39, 0.29) is 30.1 Å². The number of rotatable bonds is 11. The second kappa shape index (κ2) is 11.5. The lowest BCUT2D eigenvalue weighted by molar-refractivity contribution is -0.116. The molecule has 0 saturated heterocycles. The second-order valence-corrected chi connectivity index (χ2v) is 9.51. The molecule has 0 fully saturated rings. The van der Waals surface area contributed by atoms with Gasteiger partial charge in [-0.15, -0.1) is 10.2 Å². The van der Waals surface area contributed by atoms with Crippen molar-refractivity contribution in [3.8, 4) is 5.75 Å². The predicted octanol–water partition coefficient (Wildman–Crippen LogP) is 5.65. The van der Waals surface area contributed by atoms with Crippen LogP contribution in [-0.2, 0) is 24.4 Å². The summed E-state index contributed by atoms with van der Waals surface area (Å²) in [5.41, 5.74) is 2.21. The van der Waals surface area contributed by atoms with Crippen molar-refractivity contribution in [3.05, 3.63) is 65.7 Å². The number of unbranched alkanes of at least 4 members (excludes halogenated alkanes) is 3. The highest BCUT2D eigenvalue weighted by Gasteiger charge is 2.30. The molecular weight excluding hydrogens is 451 g/mol. The van der Waals surface area contributed by atoms with E-state index in [1.54, 1.807) is 18.2 Å². The van der Waals surface area contributed by atoms with Crippen molar-refractivity contribution in [1.82, 2.24) is 14.8 Å². The van der Waals surface area contributed by atoms with Gasteiger partial charge in [-0.1, -0.05) is 68.3 Å². The average molecular weight is 483 g/mol. The van der Waals surface area contributed by atoms with Gasteiger partial charge in [0.25, 0.3) is 0 Å². The first-order valence-corrected chi connectivity index (χ1v) is 12.9. The van der Waals surface area contributed by atoms with E-state index in [4.69, 9.17) is 4.74 Å². The topological polar surface area (TPSA) is 60.2 Å². The molecule has 0 bridgehead atoms. The maximum absolute atomic E-state index is 14.0. The SMILES string of the molecule is CCCCCCn1c(COc2ccccc2F)nnc1SCC(=O)N1c2ccccc2CC1C. The Labute approximate surface area is 204 Å². The molecule has 6 nitrogen and oxygen atoms in total. The van der Waals surface area contributed by atoms with E-state index < -0.39 is 5.82 Å². The summed E-state index contributed by atoms with van der Waals surface area (Å²) in [6.07, 6.45) is 5.27. The average Bonchev–Trinajstić information content (AvgIpc) is 3.39. The number of carbonyl (C=O) groups is 1. The largest absolute Gasteiger partial charge is 0.483 e. The molecule has 34 heavy (non-hydrogen) atoms. The van der Waals surface area contributed by atoms with Crippen LogP contribution in [0.3, 0.4) is 0 Å². The molecule has 180 valence electrons. The van der Waals surface area contributed by atoms with Crippen LogP contribution >= 0.6 is 11.8 Å². The molecule has 0 N–H and O–H groups in total. The first kappa shape index (κ1) is 24.3. The Morgan fingerprint density at radius 2 is 1.91 bits per heavy atom. The maximum Gasteiger partial charge on any atom is 0.237 e. The first-order chi connectivity index (χ1) is 16.6. The number of aromatic nitrogens is 3. The van der Waals surface area contributed by atoms with Gasteiger partial charge in [0, 0.05) is 18.3 Å². The molecule has 4 rings (SSSR count). The van der Waals surface area contributed by atoms with Gasteiger partial charge in [-0.25, -0.2) is 4.39 Å². The Hall–Kier alpha value is -2.87. The van der Waals surface area contributed by atoms with Crippen molar-refractivity contribution in [2.75, 3.05) is 10.7 Å². The minimum atomic E-state index is -0.406. The molecule has 0 radical (unpaired) electrons. The molecule has 0 spiro atoms. The third-order valence-electron chi connectivity index (χ3n) is 6.02. The normalized spacial score (nSPS) is 14.9. The Morgan fingerprint density at radius 1 is 1.12 bits per heavy atom. The lowest BCUT2D eigenvalue weighted by Gasteiger charge is -2.22. The Kier molecular flexibility index (Phi) is 8.21. The summed E-state index contributed by atoms with van der Waals surface area (Å²) in [6.45, 7) is 5.11. The molecule has 0 aliphatic carbocycles. The number of benzene rings is 2. The minimum absolute atomic E-state index is 0.0622. The smallest absolute Gasteiger partial charge is 0.237 e. The second-order valence-electron chi connectivity index (χ2n) is 8.56. The number of carbonyl (C=O) groups excluding carboxylic acids is 1. The van der Waals surface area contributed by atoms with Gasteiger partial charge in [-0.2, -0.15) is 0 Å². The van der Waals surface area contributed by atoms with Crippen molar-refractivity contribution in [1.29, 1.82) is 0 Å². The number of hydrogen-bond acceptors (Lipinski definition) is 5. The van der Waals surface area contributed by atoms with Crippen molar-refractivity contribution in [2.24, 2.45) is 0 Å². The van der Waals surface area contributed by atoms with E-state index in [9.17, 15) is 9.18 Å². The van der Waals surface area contributed by atoms with Crippen LogP contribution in [0.5, 0.6) is 5.75 Å². The quantitative estimate of drug-likeness (QED) is 0.261. The van der Waals surface area contributed by atoms with E-state index >= 15 is 0 Å². The summed E-state index contributed by atoms with van der Waals surface area (Å²) in [5, 5.41) is 9.34.